The number of hydrogen-bond acceptors (Lipinski definition) is 6. The molecule has 0 radical (unpaired) electrons. The molecule has 10 nitrogen and oxygen atoms in total. The molecule has 1 saturated heterocycles. The van der Waals surface area contributed by atoms with E-state index in [1.165, 1.54) is 19.4 Å². The van der Waals surface area contributed by atoms with Crippen LogP contribution in [0.25, 0.3) is 21.8 Å². The standard InChI is InChI=1S/C32H23N5O5/c1-42-31(41)18-9-21-28(33-14-18)26(38)12-27-32(21)13-19(32)15-37(27)30(40)25-11-17-8-20(6-7-23(17)36-25)34-29(39)24-10-16-4-2-3-5-22(16)35-24/h2-12,14,19,35-36H,13,15H2,1H3,(H,34,39)/t19-,32-/m0/s1. The van der Waals surface area contributed by atoms with Crippen LogP contribution in [-0.4, -0.2) is 57.1 Å². The van der Waals surface area contributed by atoms with Crippen LogP contribution >= 0.6 is 0 Å². The van der Waals surface area contributed by atoms with Gasteiger partial charge in [0.15, 0.2) is 0 Å². The Labute approximate surface area is 238 Å². The lowest BCUT2D eigenvalue weighted by Gasteiger charge is -2.28. The van der Waals surface area contributed by atoms with Crippen molar-refractivity contribution in [1.82, 2.24) is 19.9 Å². The van der Waals surface area contributed by atoms with E-state index in [1.807, 2.05) is 36.4 Å². The highest BCUT2D eigenvalue weighted by atomic mass is 16.5. The zero-order valence-corrected chi connectivity index (χ0v) is 22.4. The number of aromatic amines is 2. The van der Waals surface area contributed by atoms with Crippen LogP contribution in [0.5, 0.6) is 0 Å². The summed E-state index contributed by atoms with van der Waals surface area (Å²) in [6, 6.07) is 18.3. The Kier molecular flexibility index (Phi) is 4.92. The lowest BCUT2D eigenvalue weighted by Crippen LogP contribution is -2.34. The molecular formula is C32H23N5O5. The van der Waals surface area contributed by atoms with Crippen molar-refractivity contribution in [1.29, 1.82) is 0 Å². The molecule has 5 aromatic rings. The van der Waals surface area contributed by atoms with Crippen LogP contribution < -0.4 is 5.32 Å². The molecule has 206 valence electrons. The molecule has 0 bridgehead atoms. The first-order valence-corrected chi connectivity index (χ1v) is 13.5. The molecule has 2 aromatic carbocycles. The van der Waals surface area contributed by atoms with E-state index in [1.54, 1.807) is 29.2 Å². The average molecular weight is 558 g/mol. The van der Waals surface area contributed by atoms with E-state index in [4.69, 9.17) is 4.74 Å². The number of ketones is 1. The van der Waals surface area contributed by atoms with Crippen LogP contribution in [0.3, 0.4) is 0 Å². The van der Waals surface area contributed by atoms with Gasteiger partial charge in [0.05, 0.1) is 12.7 Å². The van der Waals surface area contributed by atoms with Crippen LogP contribution in [0.4, 0.5) is 5.69 Å². The minimum atomic E-state index is -0.525. The number of anilines is 1. The number of nitrogens with zero attached hydrogens (tertiary/aromatic N) is 2. The van der Waals surface area contributed by atoms with Crippen LogP contribution in [0, 0.1) is 5.92 Å². The molecule has 2 aliphatic carbocycles. The number of carbonyl (C=O) groups excluding carboxylic acids is 4. The van der Waals surface area contributed by atoms with Gasteiger partial charge in [-0.1, -0.05) is 18.2 Å². The van der Waals surface area contributed by atoms with Gasteiger partial charge in [-0.05, 0) is 60.4 Å². The summed E-state index contributed by atoms with van der Waals surface area (Å²) in [5.41, 5.74) is 4.45. The Morgan fingerprint density at radius 2 is 1.79 bits per heavy atom. The topological polar surface area (TPSA) is 137 Å². The SMILES string of the molecule is COC(=O)c1cnc2c(c1)[C@]13C[C@H]1CN(C(=O)c1cc4cc(NC(=O)c5cc6ccccc6[nH]5)ccc4[nH]1)C3=CC2=O. The predicted molar refractivity (Wildman–Crippen MR) is 153 cm³/mol. The van der Waals surface area contributed by atoms with Crippen molar-refractivity contribution in [2.75, 3.05) is 19.0 Å². The number of likely N-dealkylation sites (tertiary alicyclic amines) is 1. The normalized spacial score (nSPS) is 20.1. The van der Waals surface area contributed by atoms with E-state index in [9.17, 15) is 19.2 Å². The fraction of sp³-hybridized carbons (Fsp3) is 0.156. The number of amides is 2. The molecule has 4 heterocycles. The van der Waals surface area contributed by atoms with Gasteiger partial charge >= 0.3 is 5.97 Å². The van der Waals surface area contributed by atoms with Crippen molar-refractivity contribution in [3.05, 3.63) is 107 Å². The number of allylic oxidation sites excluding steroid dienone is 2. The summed E-state index contributed by atoms with van der Waals surface area (Å²) in [7, 11) is 1.30. The fourth-order valence-corrected chi connectivity index (χ4v) is 6.58. The Bertz CT molecular complexity index is 2040. The summed E-state index contributed by atoms with van der Waals surface area (Å²) in [6.07, 6.45) is 3.65. The van der Waals surface area contributed by atoms with E-state index in [0.717, 1.165) is 28.2 Å². The van der Waals surface area contributed by atoms with Crippen molar-refractivity contribution >= 4 is 51.1 Å². The Morgan fingerprint density at radius 3 is 2.62 bits per heavy atom. The smallest absolute Gasteiger partial charge is 0.339 e. The van der Waals surface area contributed by atoms with Gasteiger partial charge in [-0.3, -0.25) is 19.4 Å². The quantitative estimate of drug-likeness (QED) is 0.277. The highest BCUT2D eigenvalue weighted by Crippen LogP contribution is 2.66. The van der Waals surface area contributed by atoms with Crippen molar-refractivity contribution in [3.8, 4) is 0 Å². The Hall–Kier alpha value is -5.51. The minimum absolute atomic E-state index is 0.130. The summed E-state index contributed by atoms with van der Waals surface area (Å²) in [6.45, 7) is 0.459. The maximum Gasteiger partial charge on any atom is 0.339 e. The van der Waals surface area contributed by atoms with E-state index < -0.39 is 11.4 Å². The number of piperidine rings is 1. The van der Waals surface area contributed by atoms with Gasteiger partial charge in [-0.15, -0.1) is 0 Å². The Balaban J connectivity index is 1.06. The first kappa shape index (κ1) is 24.3. The molecule has 1 spiro atoms. The number of pyridine rings is 1. The molecule has 3 N–H and O–H groups in total. The zero-order valence-electron chi connectivity index (χ0n) is 22.4. The third kappa shape index (κ3) is 3.41. The highest BCUT2D eigenvalue weighted by molar-refractivity contribution is 6.10. The van der Waals surface area contributed by atoms with E-state index in [0.29, 0.717) is 40.6 Å². The second kappa shape index (κ2) is 8.50. The number of rotatable bonds is 4. The molecule has 1 aliphatic heterocycles. The molecule has 2 atom stereocenters. The number of benzene rings is 2. The summed E-state index contributed by atoms with van der Waals surface area (Å²) in [4.78, 5) is 64.1. The van der Waals surface area contributed by atoms with Crippen LogP contribution in [0.15, 0.2) is 78.6 Å². The molecule has 0 unspecified atom stereocenters. The molecule has 2 amide bonds. The third-order valence-corrected chi connectivity index (χ3v) is 8.68. The molecule has 8 rings (SSSR count). The number of H-pyrrole nitrogens is 2. The summed E-state index contributed by atoms with van der Waals surface area (Å²) >= 11 is 0. The van der Waals surface area contributed by atoms with Gasteiger partial charge in [0.25, 0.3) is 11.8 Å². The van der Waals surface area contributed by atoms with Gasteiger partial charge in [0.2, 0.25) is 5.78 Å². The van der Waals surface area contributed by atoms with Gasteiger partial charge in [-0.25, -0.2) is 4.79 Å². The number of ether oxygens (including phenoxy) is 1. The monoisotopic (exact) mass is 557 g/mol. The first-order chi connectivity index (χ1) is 20.4. The maximum absolute atomic E-state index is 13.8. The number of aromatic nitrogens is 3. The minimum Gasteiger partial charge on any atom is -0.465 e. The number of methoxy groups -OCH3 is 1. The summed E-state index contributed by atoms with van der Waals surface area (Å²) in [5.74, 6) is -1.20. The van der Waals surface area contributed by atoms with Crippen LogP contribution in [0.2, 0.25) is 0 Å². The Morgan fingerprint density at radius 1 is 1.00 bits per heavy atom. The van der Waals surface area contributed by atoms with Gasteiger partial charge in [0.1, 0.15) is 17.1 Å². The predicted octanol–water partition coefficient (Wildman–Crippen LogP) is 4.58. The third-order valence-electron chi connectivity index (χ3n) is 8.68. The van der Waals surface area contributed by atoms with Crippen molar-refractivity contribution in [3.63, 3.8) is 0 Å². The number of nitrogens with one attached hydrogen (secondary N) is 3. The zero-order chi connectivity index (χ0) is 28.7. The fourth-order valence-electron chi connectivity index (χ4n) is 6.58. The molecule has 42 heavy (non-hydrogen) atoms. The van der Waals surface area contributed by atoms with Crippen LogP contribution in [-0.2, 0) is 10.2 Å². The first-order valence-electron chi connectivity index (χ1n) is 13.5. The number of esters is 1. The molecule has 1 saturated carbocycles. The van der Waals surface area contributed by atoms with Crippen molar-refractivity contribution in [2.24, 2.45) is 5.92 Å². The van der Waals surface area contributed by atoms with E-state index in [-0.39, 0.29) is 29.1 Å². The molecule has 3 aromatic heterocycles. The van der Waals surface area contributed by atoms with Crippen molar-refractivity contribution < 1.29 is 23.9 Å². The number of fused-ring (bicyclic) bond motifs is 3. The number of para-hydroxylation sites is 1. The van der Waals surface area contributed by atoms with Crippen molar-refractivity contribution in [2.45, 2.75) is 11.8 Å². The number of hydrogen-bond donors (Lipinski definition) is 3. The van der Waals surface area contributed by atoms with E-state index >= 15 is 0 Å². The average Bonchev–Trinajstić information content (AvgIpc) is 3.31. The summed E-state index contributed by atoms with van der Waals surface area (Å²) < 4.78 is 4.85. The molecule has 2 fully saturated rings. The highest BCUT2D eigenvalue weighted by Gasteiger charge is 2.67. The molecule has 10 heteroatoms. The van der Waals surface area contributed by atoms with Crippen LogP contribution in [0.1, 0.15) is 53.8 Å². The molecule has 3 aliphatic rings. The maximum atomic E-state index is 13.8. The van der Waals surface area contributed by atoms with Gasteiger partial charge in [-0.2, -0.15) is 0 Å². The second-order valence-electron chi connectivity index (χ2n) is 11.0. The van der Waals surface area contributed by atoms with Gasteiger partial charge in [0, 0.05) is 57.4 Å². The second-order valence-corrected chi connectivity index (χ2v) is 11.0. The lowest BCUT2D eigenvalue weighted by molar-refractivity contribution is 0.0599. The van der Waals surface area contributed by atoms with E-state index in [2.05, 4.69) is 20.3 Å². The van der Waals surface area contributed by atoms with Gasteiger partial charge < -0.3 is 24.9 Å². The largest absolute Gasteiger partial charge is 0.465 e. The number of carbonyl (C=O) groups is 4. The lowest BCUT2D eigenvalue weighted by atomic mass is 9.83. The summed E-state index contributed by atoms with van der Waals surface area (Å²) in [5, 5.41) is 4.63. The molecular weight excluding hydrogens is 534 g/mol.